The number of fused-ring (bicyclic) bond motifs is 4. The molecule has 0 aliphatic heterocycles. The second-order valence-corrected chi connectivity index (χ2v) is 14.7. The van der Waals surface area contributed by atoms with Gasteiger partial charge in [-0.15, -0.1) is 0 Å². The number of hydrogen-bond acceptors (Lipinski definition) is 4. The van der Waals surface area contributed by atoms with Crippen LogP contribution in [0.15, 0.2) is 213 Å². The molecule has 59 heavy (non-hydrogen) atoms. The molecule has 276 valence electrons. The number of benzene rings is 8. The third-order valence-electron chi connectivity index (χ3n) is 11.2. The number of pyridine rings is 1. The average Bonchev–Trinajstić information content (AvgIpc) is 3.66. The number of rotatable bonds is 7. The van der Waals surface area contributed by atoms with Gasteiger partial charge < -0.3 is 4.57 Å². The van der Waals surface area contributed by atoms with Crippen LogP contribution in [0.4, 0.5) is 0 Å². The Kier molecular flexibility index (Phi) is 8.41. The van der Waals surface area contributed by atoms with Crippen molar-refractivity contribution in [2.24, 2.45) is 0 Å². The van der Waals surface area contributed by atoms with Crippen LogP contribution in [0.2, 0.25) is 0 Å². The van der Waals surface area contributed by atoms with Gasteiger partial charge in [-0.05, 0) is 87.1 Å². The molecule has 0 amide bonds. The first kappa shape index (κ1) is 34.2. The van der Waals surface area contributed by atoms with Crippen molar-refractivity contribution in [3.63, 3.8) is 0 Å². The van der Waals surface area contributed by atoms with E-state index in [2.05, 4.69) is 167 Å². The second kappa shape index (κ2) is 14.5. The van der Waals surface area contributed by atoms with Gasteiger partial charge in [0, 0.05) is 51.1 Å². The zero-order valence-corrected chi connectivity index (χ0v) is 31.9. The first-order valence-corrected chi connectivity index (χ1v) is 19.8. The van der Waals surface area contributed by atoms with Crippen LogP contribution in [0, 0.1) is 0 Å². The van der Waals surface area contributed by atoms with Gasteiger partial charge in [-0.25, -0.2) is 15.0 Å². The topological polar surface area (TPSA) is 56.5 Å². The average molecular weight is 754 g/mol. The highest BCUT2D eigenvalue weighted by molar-refractivity contribution is 6.10. The summed E-state index contributed by atoms with van der Waals surface area (Å²) < 4.78 is 2.36. The minimum atomic E-state index is 0.617. The SMILES string of the molecule is c1ccc(-c2nc(-c3cccc(-c4cccnc4)c3)nc(-c3ccc(-c4ccc(-c5ccc6c(c5)c5ccccc5n6-c5ccccc5)cc4)c4ccccc34)n2)cc1. The maximum Gasteiger partial charge on any atom is 0.164 e. The van der Waals surface area contributed by atoms with E-state index in [4.69, 9.17) is 15.0 Å². The lowest BCUT2D eigenvalue weighted by atomic mass is 9.93. The summed E-state index contributed by atoms with van der Waals surface area (Å²) in [5.74, 6) is 1.87. The van der Waals surface area contributed by atoms with E-state index in [0.717, 1.165) is 55.4 Å². The molecule has 8 aromatic carbocycles. The number of para-hydroxylation sites is 2. The monoisotopic (exact) mass is 753 g/mol. The van der Waals surface area contributed by atoms with Gasteiger partial charge in [0.2, 0.25) is 0 Å². The van der Waals surface area contributed by atoms with Gasteiger partial charge in [0.15, 0.2) is 17.5 Å². The van der Waals surface area contributed by atoms with E-state index in [-0.39, 0.29) is 0 Å². The summed E-state index contributed by atoms with van der Waals surface area (Å²) in [5, 5.41) is 4.70. The van der Waals surface area contributed by atoms with E-state index in [1.807, 2.05) is 48.7 Å². The molecule has 0 N–H and O–H groups in total. The van der Waals surface area contributed by atoms with E-state index in [1.54, 1.807) is 6.20 Å². The maximum atomic E-state index is 5.15. The Balaban J connectivity index is 0.985. The Morgan fingerprint density at radius 2 is 0.864 bits per heavy atom. The summed E-state index contributed by atoms with van der Waals surface area (Å²) in [5.41, 5.74) is 13.1. The molecular weight excluding hydrogens is 719 g/mol. The molecule has 0 unspecified atom stereocenters. The van der Waals surface area contributed by atoms with Crippen molar-refractivity contribution in [1.82, 2.24) is 24.5 Å². The number of hydrogen-bond donors (Lipinski definition) is 0. The van der Waals surface area contributed by atoms with Gasteiger partial charge in [-0.1, -0.05) is 152 Å². The summed E-state index contributed by atoms with van der Waals surface area (Å²) in [4.78, 5) is 19.6. The Bertz CT molecular complexity index is 3300. The number of aromatic nitrogens is 5. The highest BCUT2D eigenvalue weighted by atomic mass is 15.0. The first-order valence-electron chi connectivity index (χ1n) is 19.8. The van der Waals surface area contributed by atoms with Crippen LogP contribution < -0.4 is 0 Å². The molecule has 11 rings (SSSR count). The van der Waals surface area contributed by atoms with Crippen LogP contribution in [-0.2, 0) is 0 Å². The highest BCUT2D eigenvalue weighted by Gasteiger charge is 2.17. The van der Waals surface area contributed by atoms with E-state index in [1.165, 1.54) is 32.9 Å². The Hall–Kier alpha value is -8.02. The van der Waals surface area contributed by atoms with Crippen molar-refractivity contribution in [1.29, 1.82) is 0 Å². The van der Waals surface area contributed by atoms with E-state index < -0.39 is 0 Å². The minimum absolute atomic E-state index is 0.617. The first-order chi connectivity index (χ1) is 29.2. The summed E-state index contributed by atoms with van der Waals surface area (Å²) in [6.45, 7) is 0. The highest BCUT2D eigenvalue weighted by Crippen LogP contribution is 2.38. The van der Waals surface area contributed by atoms with Crippen molar-refractivity contribution < 1.29 is 0 Å². The molecule has 0 aliphatic rings. The fourth-order valence-electron chi connectivity index (χ4n) is 8.31. The van der Waals surface area contributed by atoms with Gasteiger partial charge in [0.05, 0.1) is 11.0 Å². The largest absolute Gasteiger partial charge is 0.309 e. The zero-order valence-electron chi connectivity index (χ0n) is 31.9. The van der Waals surface area contributed by atoms with Gasteiger partial charge in [-0.3, -0.25) is 4.98 Å². The molecule has 0 spiro atoms. The van der Waals surface area contributed by atoms with Crippen LogP contribution in [0.25, 0.3) is 106 Å². The van der Waals surface area contributed by atoms with Crippen LogP contribution >= 0.6 is 0 Å². The summed E-state index contributed by atoms with van der Waals surface area (Å²) in [6, 6.07) is 70.4. The third kappa shape index (κ3) is 6.22. The second-order valence-electron chi connectivity index (χ2n) is 14.7. The van der Waals surface area contributed by atoms with Crippen molar-refractivity contribution in [2.75, 3.05) is 0 Å². The van der Waals surface area contributed by atoms with E-state index >= 15 is 0 Å². The molecule has 0 saturated heterocycles. The molecular formula is C54H35N5. The lowest BCUT2D eigenvalue weighted by Gasteiger charge is -2.14. The van der Waals surface area contributed by atoms with E-state index in [0.29, 0.717) is 17.5 Å². The third-order valence-corrected chi connectivity index (χ3v) is 11.2. The van der Waals surface area contributed by atoms with Crippen LogP contribution in [-0.4, -0.2) is 24.5 Å². The Morgan fingerprint density at radius 3 is 1.64 bits per heavy atom. The van der Waals surface area contributed by atoms with Gasteiger partial charge in [0.25, 0.3) is 0 Å². The molecule has 11 aromatic rings. The van der Waals surface area contributed by atoms with Crippen LogP contribution in [0.1, 0.15) is 0 Å². The molecule has 0 bridgehead atoms. The molecule has 0 aliphatic carbocycles. The molecule has 0 saturated carbocycles. The fraction of sp³-hybridized carbons (Fsp3) is 0. The van der Waals surface area contributed by atoms with Crippen molar-refractivity contribution in [2.45, 2.75) is 0 Å². The van der Waals surface area contributed by atoms with E-state index in [9.17, 15) is 0 Å². The molecule has 5 heteroatoms. The quantitative estimate of drug-likeness (QED) is 0.163. The normalized spacial score (nSPS) is 11.4. The van der Waals surface area contributed by atoms with Crippen LogP contribution in [0.3, 0.4) is 0 Å². The lowest BCUT2D eigenvalue weighted by molar-refractivity contribution is 1.08. The van der Waals surface area contributed by atoms with Gasteiger partial charge in [-0.2, -0.15) is 0 Å². The molecule has 3 heterocycles. The molecule has 0 atom stereocenters. The van der Waals surface area contributed by atoms with Gasteiger partial charge >= 0.3 is 0 Å². The Labute approximate surface area is 341 Å². The molecule has 3 aromatic heterocycles. The lowest BCUT2D eigenvalue weighted by Crippen LogP contribution is -2.01. The minimum Gasteiger partial charge on any atom is -0.309 e. The predicted octanol–water partition coefficient (Wildman–Crippen LogP) is 13.5. The zero-order chi connectivity index (χ0) is 39.1. The van der Waals surface area contributed by atoms with Crippen LogP contribution in [0.5, 0.6) is 0 Å². The standard InChI is InChI=1S/C54H35N5/c1-3-13-38(14-4-1)52-56-53(41-16-11-15-39(33-41)42-17-12-32-55-35-42)58-54(57-52)48-30-29-44(45-20-7-8-21-46(45)48)37-26-24-36(25-27-37)40-28-31-51-49(34-40)47-22-9-10-23-50(47)59(51)43-18-5-2-6-19-43/h1-35H. The summed E-state index contributed by atoms with van der Waals surface area (Å²) in [7, 11) is 0. The van der Waals surface area contributed by atoms with Crippen molar-refractivity contribution in [3.8, 4) is 73.2 Å². The summed E-state index contributed by atoms with van der Waals surface area (Å²) >= 11 is 0. The molecule has 5 nitrogen and oxygen atoms in total. The molecule has 0 radical (unpaired) electrons. The maximum absolute atomic E-state index is 5.15. The fourth-order valence-corrected chi connectivity index (χ4v) is 8.31. The Morgan fingerprint density at radius 1 is 0.305 bits per heavy atom. The number of nitrogens with zero attached hydrogens (tertiary/aromatic N) is 5. The van der Waals surface area contributed by atoms with Crippen molar-refractivity contribution >= 4 is 32.6 Å². The molecule has 0 fully saturated rings. The smallest absolute Gasteiger partial charge is 0.164 e. The summed E-state index contributed by atoms with van der Waals surface area (Å²) in [6.07, 6.45) is 3.66. The van der Waals surface area contributed by atoms with Gasteiger partial charge in [0.1, 0.15) is 0 Å². The van der Waals surface area contributed by atoms with Crippen molar-refractivity contribution in [3.05, 3.63) is 213 Å². The predicted molar refractivity (Wildman–Crippen MR) is 242 cm³/mol.